The molecule has 0 aliphatic carbocycles. The molecular formula is C21H24O4. The maximum Gasteiger partial charge on any atom is 0.200 e. The summed E-state index contributed by atoms with van der Waals surface area (Å²) in [6.07, 6.45) is 4.18. The van der Waals surface area contributed by atoms with Crippen molar-refractivity contribution in [3.05, 3.63) is 59.2 Å². The highest BCUT2D eigenvalue weighted by atomic mass is 16.5. The molecule has 25 heavy (non-hydrogen) atoms. The Bertz CT molecular complexity index is 733. The van der Waals surface area contributed by atoms with Gasteiger partial charge in [0.15, 0.2) is 17.3 Å². The van der Waals surface area contributed by atoms with E-state index in [9.17, 15) is 9.90 Å². The molecular weight excluding hydrogens is 316 g/mol. The van der Waals surface area contributed by atoms with E-state index in [2.05, 4.69) is 13.8 Å². The fourth-order valence-electron chi connectivity index (χ4n) is 2.55. The number of hydrogen-bond acceptors (Lipinski definition) is 4. The molecule has 0 amide bonds. The third kappa shape index (κ3) is 4.86. The molecule has 0 atom stereocenters. The second kappa shape index (κ2) is 8.38. The number of rotatable bonds is 7. The number of phenolic OH excluding ortho intramolecular Hbond substituents is 1. The van der Waals surface area contributed by atoms with Crippen LogP contribution in [0, 0.1) is 5.92 Å². The first-order valence-electron chi connectivity index (χ1n) is 8.21. The normalized spacial score (nSPS) is 11.1. The number of phenols is 1. The van der Waals surface area contributed by atoms with Gasteiger partial charge in [-0.1, -0.05) is 44.2 Å². The molecule has 2 aromatic rings. The molecule has 0 unspecified atom stereocenters. The van der Waals surface area contributed by atoms with Crippen LogP contribution in [0.25, 0.3) is 6.08 Å². The van der Waals surface area contributed by atoms with Crippen LogP contribution in [-0.2, 0) is 6.42 Å². The number of allylic oxidation sites excluding steroid dienone is 1. The molecule has 2 aromatic carbocycles. The summed E-state index contributed by atoms with van der Waals surface area (Å²) in [5.74, 6) is 1.03. The van der Waals surface area contributed by atoms with Crippen LogP contribution in [0.15, 0.2) is 42.5 Å². The van der Waals surface area contributed by atoms with Gasteiger partial charge in [-0.05, 0) is 41.7 Å². The summed E-state index contributed by atoms with van der Waals surface area (Å²) in [5, 5.41) is 9.92. The third-order valence-electron chi connectivity index (χ3n) is 3.81. The molecule has 0 radical (unpaired) electrons. The SMILES string of the molecule is COc1cc(C=CC(=O)c2ccc(CC(C)C)cc2)cc(OC)c1O. The Morgan fingerprint density at radius 3 is 2.12 bits per heavy atom. The zero-order valence-corrected chi connectivity index (χ0v) is 15.1. The number of carbonyl (C=O) groups excluding carboxylic acids is 1. The van der Waals surface area contributed by atoms with Gasteiger partial charge in [-0.25, -0.2) is 0 Å². The average Bonchev–Trinajstić information content (AvgIpc) is 2.60. The quantitative estimate of drug-likeness (QED) is 0.595. The van der Waals surface area contributed by atoms with Crippen molar-refractivity contribution in [3.8, 4) is 17.2 Å². The number of hydrogen-bond donors (Lipinski definition) is 1. The molecule has 132 valence electrons. The highest BCUT2D eigenvalue weighted by Gasteiger charge is 2.10. The van der Waals surface area contributed by atoms with Gasteiger partial charge in [0.25, 0.3) is 0 Å². The summed E-state index contributed by atoms with van der Waals surface area (Å²) in [6, 6.07) is 11.0. The number of ketones is 1. The van der Waals surface area contributed by atoms with Crippen molar-refractivity contribution >= 4 is 11.9 Å². The number of aromatic hydroxyl groups is 1. The Balaban J connectivity index is 2.17. The highest BCUT2D eigenvalue weighted by Crippen LogP contribution is 2.37. The van der Waals surface area contributed by atoms with Crippen LogP contribution < -0.4 is 9.47 Å². The highest BCUT2D eigenvalue weighted by molar-refractivity contribution is 6.06. The first kappa shape index (κ1) is 18.6. The number of ether oxygens (including phenoxy) is 2. The topological polar surface area (TPSA) is 55.8 Å². The second-order valence-corrected chi connectivity index (χ2v) is 6.27. The average molecular weight is 340 g/mol. The maximum absolute atomic E-state index is 12.3. The zero-order chi connectivity index (χ0) is 18.4. The molecule has 0 saturated heterocycles. The van der Waals surface area contributed by atoms with Crippen molar-refractivity contribution in [1.82, 2.24) is 0 Å². The number of methoxy groups -OCH3 is 2. The first-order chi connectivity index (χ1) is 11.9. The van der Waals surface area contributed by atoms with Gasteiger partial charge in [-0.3, -0.25) is 4.79 Å². The zero-order valence-electron chi connectivity index (χ0n) is 15.1. The van der Waals surface area contributed by atoms with Crippen molar-refractivity contribution in [1.29, 1.82) is 0 Å². The van der Waals surface area contributed by atoms with E-state index in [1.54, 1.807) is 18.2 Å². The molecule has 1 N–H and O–H groups in total. The van der Waals surface area contributed by atoms with Crippen molar-refractivity contribution in [2.75, 3.05) is 14.2 Å². The lowest BCUT2D eigenvalue weighted by molar-refractivity contribution is 0.104. The Hall–Kier alpha value is -2.75. The Morgan fingerprint density at radius 1 is 1.08 bits per heavy atom. The van der Waals surface area contributed by atoms with Crippen molar-refractivity contribution in [2.45, 2.75) is 20.3 Å². The number of carbonyl (C=O) groups is 1. The molecule has 0 saturated carbocycles. The minimum absolute atomic E-state index is 0.0609. The first-order valence-corrected chi connectivity index (χ1v) is 8.21. The van der Waals surface area contributed by atoms with Crippen LogP contribution in [0.4, 0.5) is 0 Å². The molecule has 0 aliphatic heterocycles. The molecule has 0 aromatic heterocycles. The van der Waals surface area contributed by atoms with E-state index in [0.29, 0.717) is 28.5 Å². The molecule has 4 heteroatoms. The van der Waals surface area contributed by atoms with Crippen molar-refractivity contribution in [2.24, 2.45) is 5.92 Å². The van der Waals surface area contributed by atoms with E-state index in [0.717, 1.165) is 6.42 Å². The molecule has 4 nitrogen and oxygen atoms in total. The van der Waals surface area contributed by atoms with Crippen LogP contribution in [0.5, 0.6) is 17.2 Å². The van der Waals surface area contributed by atoms with E-state index in [1.807, 2.05) is 24.3 Å². The van der Waals surface area contributed by atoms with Gasteiger partial charge >= 0.3 is 0 Å². The standard InChI is InChI=1S/C21H24O4/c1-14(2)11-15-5-8-17(9-6-15)18(22)10-7-16-12-19(24-3)21(23)20(13-16)25-4/h5-10,12-14,23H,11H2,1-4H3. The summed E-state index contributed by atoms with van der Waals surface area (Å²) < 4.78 is 10.2. The minimum Gasteiger partial charge on any atom is -0.502 e. The Kier molecular flexibility index (Phi) is 6.23. The van der Waals surface area contributed by atoms with Gasteiger partial charge < -0.3 is 14.6 Å². The van der Waals surface area contributed by atoms with Gasteiger partial charge in [-0.15, -0.1) is 0 Å². The van der Waals surface area contributed by atoms with Crippen molar-refractivity contribution in [3.63, 3.8) is 0 Å². The lowest BCUT2D eigenvalue weighted by Gasteiger charge is -2.09. The predicted octanol–water partition coefficient (Wildman–Crippen LogP) is 4.50. The monoisotopic (exact) mass is 340 g/mol. The lowest BCUT2D eigenvalue weighted by Crippen LogP contribution is -1.97. The third-order valence-corrected chi connectivity index (χ3v) is 3.81. The van der Waals surface area contributed by atoms with E-state index >= 15 is 0 Å². The maximum atomic E-state index is 12.3. The van der Waals surface area contributed by atoms with Crippen LogP contribution in [0.2, 0.25) is 0 Å². The van der Waals surface area contributed by atoms with E-state index in [1.165, 1.54) is 25.9 Å². The Labute approximate surface area is 148 Å². The largest absolute Gasteiger partial charge is 0.502 e. The second-order valence-electron chi connectivity index (χ2n) is 6.27. The lowest BCUT2D eigenvalue weighted by atomic mass is 10.0. The van der Waals surface area contributed by atoms with Gasteiger partial charge in [0, 0.05) is 5.56 Å². The van der Waals surface area contributed by atoms with Crippen LogP contribution in [0.1, 0.15) is 35.3 Å². The van der Waals surface area contributed by atoms with Gasteiger partial charge in [0.1, 0.15) is 0 Å². The van der Waals surface area contributed by atoms with E-state index < -0.39 is 0 Å². The van der Waals surface area contributed by atoms with Crippen LogP contribution >= 0.6 is 0 Å². The van der Waals surface area contributed by atoms with Gasteiger partial charge in [0.05, 0.1) is 14.2 Å². The van der Waals surface area contributed by atoms with E-state index in [-0.39, 0.29) is 11.5 Å². The summed E-state index contributed by atoms with van der Waals surface area (Å²) in [5.41, 5.74) is 2.57. The fraction of sp³-hybridized carbons (Fsp3) is 0.286. The van der Waals surface area contributed by atoms with Crippen molar-refractivity contribution < 1.29 is 19.4 Å². The summed E-state index contributed by atoms with van der Waals surface area (Å²) in [6.45, 7) is 4.34. The molecule has 0 spiro atoms. The summed E-state index contributed by atoms with van der Waals surface area (Å²) >= 11 is 0. The van der Waals surface area contributed by atoms with Crippen LogP contribution in [-0.4, -0.2) is 25.1 Å². The van der Waals surface area contributed by atoms with Gasteiger partial charge in [-0.2, -0.15) is 0 Å². The fourth-order valence-corrected chi connectivity index (χ4v) is 2.55. The molecule has 0 heterocycles. The van der Waals surface area contributed by atoms with Crippen LogP contribution in [0.3, 0.4) is 0 Å². The predicted molar refractivity (Wildman–Crippen MR) is 99.6 cm³/mol. The molecule has 0 bridgehead atoms. The summed E-state index contributed by atoms with van der Waals surface area (Å²) in [7, 11) is 2.93. The molecule has 2 rings (SSSR count). The van der Waals surface area contributed by atoms with Gasteiger partial charge in [0.2, 0.25) is 5.75 Å². The molecule has 0 aliphatic rings. The Morgan fingerprint density at radius 2 is 1.64 bits per heavy atom. The minimum atomic E-state index is -0.0814. The summed E-state index contributed by atoms with van der Waals surface area (Å²) in [4.78, 5) is 12.3. The number of benzene rings is 2. The smallest absolute Gasteiger partial charge is 0.200 e. The molecule has 0 fully saturated rings. The van der Waals surface area contributed by atoms with E-state index in [4.69, 9.17) is 9.47 Å².